The maximum absolute atomic E-state index is 10.1. The molecule has 0 amide bonds. The van der Waals surface area contributed by atoms with Gasteiger partial charge >= 0.3 is 0 Å². The van der Waals surface area contributed by atoms with Crippen LogP contribution in [0.2, 0.25) is 0 Å². The van der Waals surface area contributed by atoms with E-state index in [9.17, 15) is 10.2 Å². The Morgan fingerprint density at radius 3 is 2.88 bits per heavy atom. The monoisotopic (exact) mass is 220 g/mol. The highest BCUT2D eigenvalue weighted by atomic mass is 16.3. The van der Waals surface area contributed by atoms with E-state index in [1.807, 2.05) is 13.0 Å². The van der Waals surface area contributed by atoms with Crippen LogP contribution in [-0.4, -0.2) is 16.3 Å². The van der Waals surface area contributed by atoms with Crippen LogP contribution >= 0.6 is 0 Å². The molecular formula is C14H20O2. The molecule has 0 bridgehead atoms. The topological polar surface area (TPSA) is 40.5 Å². The Balaban J connectivity index is 2.05. The molecule has 16 heavy (non-hydrogen) atoms. The van der Waals surface area contributed by atoms with Gasteiger partial charge in [0.1, 0.15) is 5.75 Å². The first-order chi connectivity index (χ1) is 7.68. The lowest BCUT2D eigenvalue weighted by Gasteiger charge is -2.10. The predicted molar refractivity (Wildman–Crippen MR) is 64.8 cm³/mol. The highest BCUT2D eigenvalue weighted by molar-refractivity contribution is 5.47. The maximum atomic E-state index is 10.1. The van der Waals surface area contributed by atoms with Crippen LogP contribution in [0.5, 0.6) is 5.75 Å². The smallest absolute Gasteiger partial charge is 0.122 e. The molecule has 0 aromatic heterocycles. The summed E-state index contributed by atoms with van der Waals surface area (Å²) in [4.78, 5) is 0. The summed E-state index contributed by atoms with van der Waals surface area (Å²) >= 11 is 0. The third-order valence-electron chi connectivity index (χ3n) is 3.40. The molecule has 1 aromatic carbocycles. The zero-order valence-corrected chi connectivity index (χ0v) is 9.87. The number of aromatic hydroxyl groups is 1. The highest BCUT2D eigenvalue weighted by Gasteiger charge is 2.16. The molecule has 1 aromatic rings. The third kappa shape index (κ3) is 2.38. The average Bonchev–Trinajstić information content (AvgIpc) is 2.69. The van der Waals surface area contributed by atoms with Gasteiger partial charge in [-0.3, -0.25) is 0 Å². The van der Waals surface area contributed by atoms with Gasteiger partial charge in [-0.05, 0) is 62.1 Å². The Morgan fingerprint density at radius 2 is 2.12 bits per heavy atom. The summed E-state index contributed by atoms with van der Waals surface area (Å²) < 4.78 is 0. The maximum Gasteiger partial charge on any atom is 0.122 e. The van der Waals surface area contributed by atoms with Gasteiger partial charge in [-0.25, -0.2) is 0 Å². The first-order valence-corrected chi connectivity index (χ1v) is 6.19. The van der Waals surface area contributed by atoms with Crippen molar-refractivity contribution in [2.75, 3.05) is 0 Å². The number of aliphatic hydroxyl groups is 1. The van der Waals surface area contributed by atoms with Crippen molar-refractivity contribution in [1.82, 2.24) is 0 Å². The molecule has 0 radical (unpaired) electrons. The molecule has 0 heterocycles. The fourth-order valence-corrected chi connectivity index (χ4v) is 2.49. The Hall–Kier alpha value is -1.02. The van der Waals surface area contributed by atoms with Crippen LogP contribution in [0.1, 0.15) is 42.9 Å². The second kappa shape index (κ2) is 4.88. The Morgan fingerprint density at radius 1 is 1.31 bits per heavy atom. The minimum atomic E-state index is -0.239. The molecule has 88 valence electrons. The van der Waals surface area contributed by atoms with E-state index in [2.05, 4.69) is 6.07 Å². The summed E-state index contributed by atoms with van der Waals surface area (Å²) in [5.74, 6) is 0.514. The molecular weight excluding hydrogens is 200 g/mol. The first-order valence-electron chi connectivity index (χ1n) is 6.19. The van der Waals surface area contributed by atoms with E-state index in [0.29, 0.717) is 5.75 Å². The van der Waals surface area contributed by atoms with Crippen molar-refractivity contribution in [1.29, 1.82) is 0 Å². The highest BCUT2D eigenvalue weighted by Crippen LogP contribution is 2.33. The van der Waals surface area contributed by atoms with E-state index < -0.39 is 0 Å². The van der Waals surface area contributed by atoms with Gasteiger partial charge in [0.15, 0.2) is 0 Å². The van der Waals surface area contributed by atoms with Gasteiger partial charge in [-0.2, -0.15) is 0 Å². The molecule has 1 atom stereocenters. The molecule has 0 spiro atoms. The Bertz CT molecular complexity index is 369. The minimum Gasteiger partial charge on any atom is -0.507 e. The zero-order chi connectivity index (χ0) is 11.5. The molecule has 0 unspecified atom stereocenters. The summed E-state index contributed by atoms with van der Waals surface area (Å²) in [6.07, 6.45) is 5.66. The van der Waals surface area contributed by atoms with Crippen molar-refractivity contribution in [2.45, 2.75) is 51.6 Å². The molecule has 2 N–H and O–H groups in total. The molecule has 0 fully saturated rings. The number of rotatable bonds is 4. The van der Waals surface area contributed by atoms with Gasteiger partial charge in [0, 0.05) is 0 Å². The molecule has 2 rings (SSSR count). The van der Waals surface area contributed by atoms with Gasteiger partial charge in [0.05, 0.1) is 6.10 Å². The van der Waals surface area contributed by atoms with E-state index in [1.54, 1.807) is 0 Å². The summed E-state index contributed by atoms with van der Waals surface area (Å²) in [5.41, 5.74) is 3.52. The molecule has 0 saturated heterocycles. The first kappa shape index (κ1) is 11.5. The van der Waals surface area contributed by atoms with Crippen LogP contribution in [0.25, 0.3) is 0 Å². The van der Waals surface area contributed by atoms with Gasteiger partial charge in [-0.15, -0.1) is 0 Å². The number of benzene rings is 1. The largest absolute Gasteiger partial charge is 0.507 e. The number of aryl methyl sites for hydroxylation is 2. The number of phenolic OH excluding ortho intramolecular Hbond substituents is 1. The lowest BCUT2D eigenvalue weighted by atomic mass is 10.00. The SMILES string of the molecule is C[C@H](O)CCCc1ccc2c(c1O)CCC2. The summed E-state index contributed by atoms with van der Waals surface area (Å²) in [6, 6.07) is 4.20. The molecule has 0 aliphatic heterocycles. The molecule has 1 aliphatic rings. The molecule has 2 heteroatoms. The number of phenols is 1. The van der Waals surface area contributed by atoms with Crippen LogP contribution in [0.15, 0.2) is 12.1 Å². The van der Waals surface area contributed by atoms with E-state index in [1.165, 1.54) is 12.0 Å². The minimum absolute atomic E-state index is 0.239. The molecule has 1 aliphatic carbocycles. The van der Waals surface area contributed by atoms with Crippen molar-refractivity contribution in [3.8, 4) is 5.75 Å². The Kier molecular flexibility index (Phi) is 3.49. The van der Waals surface area contributed by atoms with Gasteiger partial charge in [-0.1, -0.05) is 12.1 Å². The van der Waals surface area contributed by atoms with Gasteiger partial charge in [0.2, 0.25) is 0 Å². The third-order valence-corrected chi connectivity index (χ3v) is 3.40. The lowest BCUT2D eigenvalue weighted by Crippen LogP contribution is -2.00. The van der Waals surface area contributed by atoms with Crippen molar-refractivity contribution < 1.29 is 10.2 Å². The molecule has 2 nitrogen and oxygen atoms in total. The van der Waals surface area contributed by atoms with Crippen LogP contribution in [0, 0.1) is 0 Å². The predicted octanol–water partition coefficient (Wildman–Crippen LogP) is 2.58. The van der Waals surface area contributed by atoms with E-state index in [-0.39, 0.29) is 6.10 Å². The number of fused-ring (bicyclic) bond motifs is 1. The second-order valence-corrected chi connectivity index (χ2v) is 4.81. The fraction of sp³-hybridized carbons (Fsp3) is 0.571. The van der Waals surface area contributed by atoms with Crippen molar-refractivity contribution in [3.05, 3.63) is 28.8 Å². The van der Waals surface area contributed by atoms with E-state index in [0.717, 1.165) is 43.2 Å². The van der Waals surface area contributed by atoms with Gasteiger partial charge in [0.25, 0.3) is 0 Å². The van der Waals surface area contributed by atoms with Crippen molar-refractivity contribution >= 4 is 0 Å². The number of aliphatic hydroxyl groups excluding tert-OH is 1. The summed E-state index contributed by atoms with van der Waals surface area (Å²) in [7, 11) is 0. The lowest BCUT2D eigenvalue weighted by molar-refractivity contribution is 0.181. The van der Waals surface area contributed by atoms with Crippen LogP contribution in [0.4, 0.5) is 0 Å². The second-order valence-electron chi connectivity index (χ2n) is 4.81. The van der Waals surface area contributed by atoms with E-state index in [4.69, 9.17) is 0 Å². The van der Waals surface area contributed by atoms with Crippen molar-refractivity contribution in [2.24, 2.45) is 0 Å². The summed E-state index contributed by atoms with van der Waals surface area (Å²) in [6.45, 7) is 1.81. The van der Waals surface area contributed by atoms with Crippen LogP contribution < -0.4 is 0 Å². The van der Waals surface area contributed by atoms with Gasteiger partial charge < -0.3 is 10.2 Å². The zero-order valence-electron chi connectivity index (χ0n) is 9.87. The fourth-order valence-electron chi connectivity index (χ4n) is 2.49. The summed E-state index contributed by atoms with van der Waals surface area (Å²) in [5, 5.41) is 19.3. The van der Waals surface area contributed by atoms with E-state index >= 15 is 0 Å². The standard InChI is InChI=1S/C14H20O2/c1-10(15)4-2-6-12-9-8-11-5-3-7-13(11)14(12)16/h8-10,15-16H,2-7H2,1H3/t10-/m0/s1. The number of hydrogen-bond donors (Lipinski definition) is 2. The number of hydrogen-bond acceptors (Lipinski definition) is 2. The average molecular weight is 220 g/mol. The normalized spacial score (nSPS) is 16.1. The van der Waals surface area contributed by atoms with Crippen molar-refractivity contribution in [3.63, 3.8) is 0 Å². The van der Waals surface area contributed by atoms with Crippen LogP contribution in [-0.2, 0) is 19.3 Å². The van der Waals surface area contributed by atoms with Crippen LogP contribution in [0.3, 0.4) is 0 Å². The molecule has 0 saturated carbocycles. The Labute approximate surface area is 96.9 Å². The quantitative estimate of drug-likeness (QED) is 0.818.